The molecular formula is C15H18N4O3S3. The van der Waals surface area contributed by atoms with Crippen LogP contribution in [0.3, 0.4) is 0 Å². The zero-order valence-electron chi connectivity index (χ0n) is 13.4. The maximum absolute atomic E-state index is 12.7. The molecule has 0 radical (unpaired) electrons. The Labute approximate surface area is 154 Å². The van der Waals surface area contributed by atoms with Gasteiger partial charge in [-0.15, -0.1) is 16.4 Å². The number of hydrogen-bond acceptors (Lipinski definition) is 7. The van der Waals surface area contributed by atoms with Gasteiger partial charge in [0.2, 0.25) is 0 Å². The molecule has 0 spiro atoms. The smallest absolute Gasteiger partial charge is 0.265 e. The molecule has 1 saturated carbocycles. The number of piperidine rings is 1. The highest BCUT2D eigenvalue weighted by Gasteiger charge is 2.34. The fraction of sp³-hybridized carbons (Fsp3) is 0.533. The molecule has 1 N–H and O–H groups in total. The standard InChI is InChI=1S/C15H18N4O3S3/c20-15(14-13(10-5-6-10)17-18-24-14)16-11-3-1-7-19(9-11)25(21,22)12-4-2-8-23-12/h2,4,8,10-11H,1,3,5-7,9H2,(H,16,20)/t11-/m1/s1. The van der Waals surface area contributed by atoms with Gasteiger partial charge >= 0.3 is 0 Å². The molecule has 2 aromatic heterocycles. The van der Waals surface area contributed by atoms with Crippen LogP contribution in [-0.2, 0) is 10.0 Å². The predicted octanol–water partition coefficient (Wildman–Crippen LogP) is 2.06. The van der Waals surface area contributed by atoms with Crippen LogP contribution in [-0.4, -0.2) is 47.3 Å². The van der Waals surface area contributed by atoms with Crippen LogP contribution in [0.4, 0.5) is 0 Å². The van der Waals surface area contributed by atoms with Gasteiger partial charge in [0.25, 0.3) is 15.9 Å². The van der Waals surface area contributed by atoms with E-state index in [4.69, 9.17) is 0 Å². The molecule has 3 heterocycles. The minimum atomic E-state index is -3.47. The number of thiophene rings is 1. The quantitative estimate of drug-likeness (QED) is 0.832. The van der Waals surface area contributed by atoms with Gasteiger partial charge in [0.1, 0.15) is 9.09 Å². The van der Waals surface area contributed by atoms with Crippen LogP contribution in [0.5, 0.6) is 0 Å². The third-order valence-corrected chi connectivity index (χ3v) is 8.47. The number of nitrogens with one attached hydrogen (secondary N) is 1. The van der Waals surface area contributed by atoms with E-state index < -0.39 is 10.0 Å². The lowest BCUT2D eigenvalue weighted by Crippen LogP contribution is -2.49. The van der Waals surface area contributed by atoms with Crippen LogP contribution < -0.4 is 5.32 Å². The Bertz CT molecular complexity index is 858. The average molecular weight is 399 g/mol. The van der Waals surface area contributed by atoms with Crippen LogP contribution in [0.1, 0.15) is 47.0 Å². The second-order valence-corrected chi connectivity index (χ2v) is 10.2. The summed E-state index contributed by atoms with van der Waals surface area (Å²) in [6.45, 7) is 0.791. The molecule has 0 bridgehead atoms. The summed E-state index contributed by atoms with van der Waals surface area (Å²) in [6.07, 6.45) is 3.61. The lowest BCUT2D eigenvalue weighted by atomic mass is 10.1. The first-order valence-electron chi connectivity index (χ1n) is 8.22. The highest BCUT2D eigenvalue weighted by Crippen LogP contribution is 2.41. The number of aromatic nitrogens is 2. The minimum absolute atomic E-state index is 0.183. The summed E-state index contributed by atoms with van der Waals surface area (Å²) in [5.41, 5.74) is 0.793. The first kappa shape index (κ1) is 17.1. The SMILES string of the molecule is O=C(N[C@@H]1CCCN(S(=O)(=O)c2cccs2)C1)c1snnc1C1CC1. The molecule has 2 fully saturated rings. The first-order chi connectivity index (χ1) is 12.1. The molecule has 0 aromatic carbocycles. The summed E-state index contributed by atoms with van der Waals surface area (Å²) in [7, 11) is -3.47. The summed E-state index contributed by atoms with van der Waals surface area (Å²) >= 11 is 2.33. The van der Waals surface area contributed by atoms with Crippen LogP contribution in [0.15, 0.2) is 21.7 Å². The van der Waals surface area contributed by atoms with Gasteiger partial charge in [-0.3, -0.25) is 4.79 Å². The normalized spacial score (nSPS) is 22.0. The molecule has 1 saturated heterocycles. The number of nitrogens with zero attached hydrogens (tertiary/aromatic N) is 3. The van der Waals surface area contributed by atoms with Gasteiger partial charge in [0.15, 0.2) is 0 Å². The van der Waals surface area contributed by atoms with Crippen molar-refractivity contribution in [1.29, 1.82) is 0 Å². The maximum Gasteiger partial charge on any atom is 0.265 e. The Morgan fingerprint density at radius 3 is 2.88 bits per heavy atom. The van der Waals surface area contributed by atoms with Crippen molar-refractivity contribution in [3.63, 3.8) is 0 Å². The highest BCUT2D eigenvalue weighted by molar-refractivity contribution is 7.91. The second kappa shape index (κ2) is 6.75. The van der Waals surface area contributed by atoms with Gasteiger partial charge in [0.05, 0.1) is 5.69 Å². The first-order valence-corrected chi connectivity index (χ1v) is 11.3. The Morgan fingerprint density at radius 2 is 2.16 bits per heavy atom. The monoisotopic (exact) mass is 398 g/mol. The lowest BCUT2D eigenvalue weighted by molar-refractivity contribution is 0.0924. The number of amides is 1. The summed E-state index contributed by atoms with van der Waals surface area (Å²) in [5.74, 6) is 0.179. The third-order valence-electron chi connectivity index (χ3n) is 4.49. The van der Waals surface area contributed by atoms with E-state index >= 15 is 0 Å². The van der Waals surface area contributed by atoms with Gasteiger partial charge in [-0.05, 0) is 48.7 Å². The zero-order chi connectivity index (χ0) is 17.4. The summed E-state index contributed by atoms with van der Waals surface area (Å²) < 4.78 is 31.1. The van der Waals surface area contributed by atoms with Crippen molar-refractivity contribution in [2.24, 2.45) is 0 Å². The number of carbonyl (C=O) groups is 1. The summed E-state index contributed by atoms with van der Waals surface area (Å²) in [6, 6.07) is 3.16. The third kappa shape index (κ3) is 3.48. The Balaban J connectivity index is 1.45. The van der Waals surface area contributed by atoms with Crippen molar-refractivity contribution in [2.75, 3.05) is 13.1 Å². The largest absolute Gasteiger partial charge is 0.347 e. The van der Waals surface area contributed by atoms with Gasteiger partial charge in [-0.1, -0.05) is 10.6 Å². The number of sulfonamides is 1. The van der Waals surface area contributed by atoms with Crippen molar-refractivity contribution in [3.05, 3.63) is 28.1 Å². The minimum Gasteiger partial charge on any atom is -0.347 e. The summed E-state index contributed by atoms with van der Waals surface area (Å²) in [5, 5.41) is 8.82. The molecule has 10 heteroatoms. The van der Waals surface area contributed by atoms with E-state index in [0.29, 0.717) is 28.1 Å². The van der Waals surface area contributed by atoms with E-state index in [1.165, 1.54) is 15.6 Å². The Kier molecular flexibility index (Phi) is 4.61. The van der Waals surface area contributed by atoms with Crippen molar-refractivity contribution < 1.29 is 13.2 Å². The van der Waals surface area contributed by atoms with E-state index in [0.717, 1.165) is 42.9 Å². The molecule has 134 valence electrons. The molecule has 7 nitrogen and oxygen atoms in total. The number of rotatable bonds is 5. The summed E-state index contributed by atoms with van der Waals surface area (Å²) in [4.78, 5) is 13.1. The fourth-order valence-corrected chi connectivity index (χ4v) is 6.37. The van der Waals surface area contributed by atoms with Crippen LogP contribution in [0.2, 0.25) is 0 Å². The zero-order valence-corrected chi connectivity index (χ0v) is 15.9. The number of hydrogen-bond donors (Lipinski definition) is 1. The van der Waals surface area contributed by atoms with Gasteiger partial charge in [0, 0.05) is 25.0 Å². The van der Waals surface area contributed by atoms with Crippen molar-refractivity contribution in [1.82, 2.24) is 19.2 Å². The molecule has 1 amide bonds. The van der Waals surface area contributed by atoms with Crippen molar-refractivity contribution in [2.45, 2.75) is 41.9 Å². The molecule has 4 rings (SSSR count). The molecule has 25 heavy (non-hydrogen) atoms. The topological polar surface area (TPSA) is 92.3 Å². The van der Waals surface area contributed by atoms with Gasteiger partial charge < -0.3 is 5.32 Å². The second-order valence-electron chi connectivity index (χ2n) is 6.37. The lowest BCUT2D eigenvalue weighted by Gasteiger charge is -2.31. The molecule has 2 aliphatic rings. The van der Waals surface area contributed by atoms with Gasteiger partial charge in [-0.2, -0.15) is 4.31 Å². The fourth-order valence-electron chi connectivity index (χ4n) is 3.05. The van der Waals surface area contributed by atoms with Gasteiger partial charge in [-0.25, -0.2) is 8.42 Å². The Hall–Kier alpha value is -1.36. The molecule has 2 aromatic rings. The van der Waals surface area contributed by atoms with E-state index in [9.17, 15) is 13.2 Å². The average Bonchev–Trinajstić information content (AvgIpc) is 3.11. The Morgan fingerprint density at radius 1 is 1.32 bits per heavy atom. The maximum atomic E-state index is 12.7. The molecule has 1 aliphatic carbocycles. The van der Waals surface area contributed by atoms with Crippen molar-refractivity contribution in [3.8, 4) is 0 Å². The van der Waals surface area contributed by atoms with Crippen molar-refractivity contribution >= 4 is 38.8 Å². The molecule has 0 unspecified atom stereocenters. The highest BCUT2D eigenvalue weighted by atomic mass is 32.2. The predicted molar refractivity (Wildman–Crippen MR) is 95.5 cm³/mol. The van der Waals surface area contributed by atoms with Crippen LogP contribution in [0.25, 0.3) is 0 Å². The van der Waals surface area contributed by atoms with Crippen LogP contribution >= 0.6 is 22.9 Å². The molecular weight excluding hydrogens is 380 g/mol. The number of carbonyl (C=O) groups excluding carboxylic acids is 1. The van der Waals surface area contributed by atoms with E-state index in [-0.39, 0.29) is 11.9 Å². The van der Waals surface area contributed by atoms with Crippen LogP contribution in [0, 0.1) is 0 Å². The van der Waals surface area contributed by atoms with E-state index in [1.807, 2.05) is 0 Å². The van der Waals surface area contributed by atoms with E-state index in [1.54, 1.807) is 17.5 Å². The molecule has 1 atom stereocenters. The molecule has 1 aliphatic heterocycles. The van der Waals surface area contributed by atoms with E-state index in [2.05, 4.69) is 14.9 Å².